The Morgan fingerprint density at radius 3 is 2.70 bits per heavy atom. The van der Waals surface area contributed by atoms with Crippen LogP contribution in [0.2, 0.25) is 0 Å². The normalized spacial score (nSPS) is 12.2. The number of hydrogen-bond acceptors (Lipinski definition) is 4. The van der Waals surface area contributed by atoms with Gasteiger partial charge in [-0.1, -0.05) is 0 Å². The van der Waals surface area contributed by atoms with Crippen LogP contribution in [-0.4, -0.2) is 20.8 Å². The molecule has 6 nitrogen and oxygen atoms in total. The van der Waals surface area contributed by atoms with Crippen molar-refractivity contribution in [2.24, 2.45) is 12.8 Å². The molecule has 0 aliphatic rings. The number of aromatic hydroxyl groups is 1. The molecule has 20 heavy (non-hydrogen) atoms. The zero-order chi connectivity index (χ0) is 14.9. The van der Waals surface area contributed by atoms with Crippen LogP contribution in [0.3, 0.4) is 0 Å². The number of amides is 1. The molecule has 0 saturated heterocycles. The molecule has 0 aliphatic carbocycles. The van der Waals surface area contributed by atoms with Gasteiger partial charge in [-0.25, -0.2) is 0 Å². The second kappa shape index (κ2) is 5.34. The molecule has 1 aromatic carbocycles. The van der Waals surface area contributed by atoms with Crippen LogP contribution in [-0.2, 0) is 11.8 Å². The third-order valence-corrected chi connectivity index (χ3v) is 3.17. The molecule has 0 fully saturated rings. The van der Waals surface area contributed by atoms with Crippen molar-refractivity contribution in [1.29, 1.82) is 0 Å². The Bertz CT molecular complexity index is 649. The van der Waals surface area contributed by atoms with Crippen LogP contribution in [0, 0.1) is 13.8 Å². The Kier molecular flexibility index (Phi) is 3.76. The summed E-state index contributed by atoms with van der Waals surface area (Å²) in [7, 11) is 1.77. The van der Waals surface area contributed by atoms with Gasteiger partial charge in [0.25, 0.3) is 0 Å². The average Bonchev–Trinajstić information content (AvgIpc) is 2.81. The fourth-order valence-electron chi connectivity index (χ4n) is 1.90. The largest absolute Gasteiger partial charge is 0.508 e. The van der Waals surface area contributed by atoms with Crippen molar-refractivity contribution >= 4 is 11.6 Å². The second-order valence-electron chi connectivity index (χ2n) is 4.87. The summed E-state index contributed by atoms with van der Waals surface area (Å²) in [6.07, 6.45) is 3.28. The van der Waals surface area contributed by atoms with E-state index in [1.54, 1.807) is 43.2 Å². The molecule has 2 rings (SSSR count). The minimum Gasteiger partial charge on any atom is -0.508 e. The lowest BCUT2D eigenvalue weighted by Crippen LogP contribution is -2.27. The van der Waals surface area contributed by atoms with Gasteiger partial charge < -0.3 is 16.2 Å². The number of aromatic nitrogens is 2. The summed E-state index contributed by atoms with van der Waals surface area (Å²) in [6, 6.07) is 2.55. The minimum absolute atomic E-state index is 0.206. The van der Waals surface area contributed by atoms with E-state index in [1.807, 2.05) is 6.92 Å². The number of nitrogens with zero attached hydrogens (tertiary/aromatic N) is 2. The molecule has 1 aromatic heterocycles. The highest BCUT2D eigenvalue weighted by atomic mass is 16.3. The van der Waals surface area contributed by atoms with Gasteiger partial charge in [-0.2, -0.15) is 5.10 Å². The number of phenolic OH excluding ortho intramolecular Hbond substituents is 1. The number of hydrogen-bond donors (Lipinski definition) is 3. The van der Waals surface area contributed by atoms with Gasteiger partial charge in [0.05, 0.1) is 6.20 Å². The molecule has 6 heteroatoms. The van der Waals surface area contributed by atoms with Crippen LogP contribution in [0.15, 0.2) is 24.5 Å². The van der Waals surface area contributed by atoms with E-state index in [9.17, 15) is 9.90 Å². The quantitative estimate of drug-likeness (QED) is 0.737. The molecule has 0 spiro atoms. The summed E-state index contributed by atoms with van der Waals surface area (Å²) in [5, 5.41) is 16.4. The predicted octanol–water partition coefficient (Wildman–Crippen LogP) is 1.38. The first-order valence-electron chi connectivity index (χ1n) is 6.23. The van der Waals surface area contributed by atoms with E-state index in [-0.39, 0.29) is 11.7 Å². The predicted molar refractivity (Wildman–Crippen MR) is 76.3 cm³/mol. The molecule has 4 N–H and O–H groups in total. The molecule has 0 radical (unpaired) electrons. The van der Waals surface area contributed by atoms with Crippen molar-refractivity contribution in [3.05, 3.63) is 41.2 Å². The van der Waals surface area contributed by atoms with Crippen LogP contribution in [0.4, 0.5) is 5.69 Å². The Labute approximate surface area is 117 Å². The summed E-state index contributed by atoms with van der Waals surface area (Å²) in [4.78, 5) is 12.1. The number of phenols is 1. The van der Waals surface area contributed by atoms with Gasteiger partial charge in [0, 0.05) is 24.5 Å². The molecule has 1 heterocycles. The summed E-state index contributed by atoms with van der Waals surface area (Å²) >= 11 is 0. The number of carbonyl (C=O) groups excluding carboxylic acids is 1. The number of benzene rings is 1. The fourth-order valence-corrected chi connectivity index (χ4v) is 1.90. The Balaban J connectivity index is 2.17. The zero-order valence-electron chi connectivity index (χ0n) is 11.7. The smallest absolute Gasteiger partial charge is 0.246 e. The number of carbonyl (C=O) groups is 1. The van der Waals surface area contributed by atoms with Gasteiger partial charge >= 0.3 is 0 Å². The fraction of sp³-hybridized carbons (Fsp3) is 0.286. The van der Waals surface area contributed by atoms with Crippen molar-refractivity contribution in [1.82, 2.24) is 9.78 Å². The molecule has 106 valence electrons. The maximum Gasteiger partial charge on any atom is 0.246 e. The van der Waals surface area contributed by atoms with Crippen molar-refractivity contribution in [2.45, 2.75) is 19.9 Å². The molecular formula is C14H18N4O2. The Morgan fingerprint density at radius 2 is 2.10 bits per heavy atom. The number of rotatable bonds is 3. The van der Waals surface area contributed by atoms with Crippen LogP contribution >= 0.6 is 0 Å². The number of aryl methyl sites for hydroxylation is 3. The van der Waals surface area contributed by atoms with Crippen LogP contribution in [0.1, 0.15) is 22.7 Å². The maximum atomic E-state index is 12.1. The van der Waals surface area contributed by atoms with Gasteiger partial charge in [-0.05, 0) is 37.1 Å². The van der Waals surface area contributed by atoms with Crippen molar-refractivity contribution in [3.8, 4) is 5.75 Å². The molecule has 1 amide bonds. The van der Waals surface area contributed by atoms with E-state index in [0.717, 1.165) is 5.56 Å². The Morgan fingerprint density at radius 1 is 1.40 bits per heavy atom. The minimum atomic E-state index is -0.780. The first-order valence-corrected chi connectivity index (χ1v) is 6.23. The first kappa shape index (κ1) is 14.1. The zero-order valence-corrected chi connectivity index (χ0v) is 11.7. The monoisotopic (exact) mass is 274 g/mol. The van der Waals surface area contributed by atoms with Crippen LogP contribution in [0.25, 0.3) is 0 Å². The van der Waals surface area contributed by atoms with Crippen LogP contribution in [0.5, 0.6) is 5.75 Å². The van der Waals surface area contributed by atoms with E-state index in [0.29, 0.717) is 16.8 Å². The standard InChI is InChI=1S/C14H18N4O2/c1-8-5-12(19)9(2)4-11(8)17-14(20)13(15)10-6-16-18(3)7-10/h4-7,13,19H,15H2,1-3H3,(H,17,20). The van der Waals surface area contributed by atoms with Gasteiger partial charge in [0.2, 0.25) is 5.91 Å². The number of nitrogens with two attached hydrogens (primary N) is 1. The van der Waals surface area contributed by atoms with Crippen molar-refractivity contribution in [3.63, 3.8) is 0 Å². The third-order valence-electron chi connectivity index (χ3n) is 3.17. The first-order chi connectivity index (χ1) is 9.38. The Hall–Kier alpha value is -2.34. The summed E-state index contributed by atoms with van der Waals surface area (Å²) in [6.45, 7) is 3.58. The van der Waals surface area contributed by atoms with Crippen molar-refractivity contribution in [2.75, 3.05) is 5.32 Å². The topological polar surface area (TPSA) is 93.2 Å². The lowest BCUT2D eigenvalue weighted by molar-refractivity contribution is -0.117. The van der Waals surface area contributed by atoms with Gasteiger partial charge in [-0.15, -0.1) is 0 Å². The van der Waals surface area contributed by atoms with E-state index in [1.165, 1.54) is 0 Å². The van der Waals surface area contributed by atoms with E-state index in [2.05, 4.69) is 10.4 Å². The highest BCUT2D eigenvalue weighted by Gasteiger charge is 2.18. The third kappa shape index (κ3) is 2.80. The average molecular weight is 274 g/mol. The summed E-state index contributed by atoms with van der Waals surface area (Å²) in [5.74, 6) is -0.108. The number of anilines is 1. The highest BCUT2D eigenvalue weighted by molar-refractivity contribution is 5.96. The highest BCUT2D eigenvalue weighted by Crippen LogP contribution is 2.25. The molecular weight excluding hydrogens is 256 g/mol. The summed E-state index contributed by atoms with van der Waals surface area (Å²) < 4.78 is 1.60. The lowest BCUT2D eigenvalue weighted by Gasteiger charge is -2.14. The molecule has 1 unspecified atom stereocenters. The van der Waals surface area contributed by atoms with E-state index < -0.39 is 6.04 Å². The number of nitrogens with one attached hydrogen (secondary N) is 1. The maximum absolute atomic E-state index is 12.1. The SMILES string of the molecule is Cc1cc(NC(=O)C(N)c2cnn(C)c2)c(C)cc1O. The molecule has 1 atom stereocenters. The van der Waals surface area contributed by atoms with Gasteiger partial charge in [0.15, 0.2) is 0 Å². The van der Waals surface area contributed by atoms with Crippen LogP contribution < -0.4 is 11.1 Å². The van der Waals surface area contributed by atoms with E-state index >= 15 is 0 Å². The lowest BCUT2D eigenvalue weighted by atomic mass is 10.1. The van der Waals surface area contributed by atoms with Gasteiger partial charge in [0.1, 0.15) is 11.8 Å². The van der Waals surface area contributed by atoms with E-state index in [4.69, 9.17) is 5.73 Å². The molecule has 0 aliphatic heterocycles. The van der Waals surface area contributed by atoms with Crippen molar-refractivity contribution < 1.29 is 9.90 Å². The molecule has 2 aromatic rings. The second-order valence-corrected chi connectivity index (χ2v) is 4.87. The molecule has 0 saturated carbocycles. The summed E-state index contributed by atoms with van der Waals surface area (Å²) in [5.41, 5.74) is 8.67. The van der Waals surface area contributed by atoms with Gasteiger partial charge in [-0.3, -0.25) is 9.48 Å². The molecule has 0 bridgehead atoms.